The average molecular weight is 339 g/mol. The second kappa shape index (κ2) is 5.86. The molecule has 26 heavy (non-hydrogen) atoms. The van der Waals surface area contributed by atoms with Crippen LogP contribution in [0.5, 0.6) is 0 Å². The number of ether oxygens (including phenoxy) is 1. The zero-order valence-electron chi connectivity index (χ0n) is 15.1. The van der Waals surface area contributed by atoms with Crippen LogP contribution in [0.2, 0.25) is 0 Å². The van der Waals surface area contributed by atoms with E-state index in [0.29, 0.717) is 6.61 Å². The van der Waals surface area contributed by atoms with Crippen LogP contribution in [0.4, 0.5) is 5.69 Å². The van der Waals surface area contributed by atoms with Gasteiger partial charge in [0.15, 0.2) is 6.23 Å². The first-order valence-electron chi connectivity index (χ1n) is 9.09. The van der Waals surface area contributed by atoms with Crippen molar-refractivity contribution >= 4 is 17.5 Å². The molecule has 3 aromatic rings. The van der Waals surface area contributed by atoms with Crippen LogP contribution in [0.1, 0.15) is 39.6 Å². The minimum atomic E-state index is -0.0824. The Morgan fingerprint density at radius 1 is 0.885 bits per heavy atom. The molecule has 0 aliphatic carbocycles. The molecule has 0 amide bonds. The van der Waals surface area contributed by atoms with Crippen LogP contribution in [0.3, 0.4) is 0 Å². The van der Waals surface area contributed by atoms with Crippen LogP contribution < -0.4 is 4.90 Å². The summed E-state index contributed by atoms with van der Waals surface area (Å²) in [5.74, 6) is 0. The topological polar surface area (TPSA) is 12.5 Å². The maximum absolute atomic E-state index is 6.37. The average Bonchev–Trinajstić information content (AvgIpc) is 2.67. The SMILES string of the molecule is Cc1ccc2c(c1)C=C(c1ccccc1)N1c3ccc(C)cc3COC21. The van der Waals surface area contributed by atoms with E-state index < -0.39 is 0 Å². The fourth-order valence-corrected chi connectivity index (χ4v) is 4.01. The fraction of sp³-hybridized carbons (Fsp3) is 0.167. The van der Waals surface area contributed by atoms with Gasteiger partial charge in [0, 0.05) is 16.8 Å². The Bertz CT molecular complexity index is 1020. The minimum Gasteiger partial charge on any atom is -0.349 e. The van der Waals surface area contributed by atoms with Crippen molar-refractivity contribution in [2.45, 2.75) is 26.7 Å². The van der Waals surface area contributed by atoms with Gasteiger partial charge >= 0.3 is 0 Å². The van der Waals surface area contributed by atoms with Gasteiger partial charge in [-0.1, -0.05) is 71.8 Å². The van der Waals surface area contributed by atoms with Crippen LogP contribution in [0, 0.1) is 13.8 Å². The van der Waals surface area contributed by atoms with Crippen LogP contribution in [-0.4, -0.2) is 0 Å². The Morgan fingerprint density at radius 3 is 2.50 bits per heavy atom. The van der Waals surface area contributed by atoms with Crippen molar-refractivity contribution in [2.75, 3.05) is 4.90 Å². The van der Waals surface area contributed by atoms with Crippen molar-refractivity contribution < 1.29 is 4.74 Å². The highest BCUT2D eigenvalue weighted by atomic mass is 16.5. The van der Waals surface area contributed by atoms with E-state index in [1.165, 1.54) is 44.8 Å². The van der Waals surface area contributed by atoms with E-state index in [2.05, 4.69) is 91.6 Å². The summed E-state index contributed by atoms with van der Waals surface area (Å²) in [6.45, 7) is 4.92. The second-order valence-electron chi connectivity index (χ2n) is 7.19. The Balaban J connectivity index is 1.76. The van der Waals surface area contributed by atoms with Gasteiger partial charge in [0.2, 0.25) is 0 Å². The Kier molecular flexibility index (Phi) is 3.47. The van der Waals surface area contributed by atoms with Gasteiger partial charge in [-0.15, -0.1) is 0 Å². The van der Waals surface area contributed by atoms with Crippen LogP contribution >= 0.6 is 0 Å². The number of hydrogen-bond donors (Lipinski definition) is 0. The number of anilines is 1. The zero-order chi connectivity index (χ0) is 17.7. The van der Waals surface area contributed by atoms with Crippen molar-refractivity contribution in [3.05, 3.63) is 100 Å². The van der Waals surface area contributed by atoms with Crippen molar-refractivity contribution in [1.82, 2.24) is 0 Å². The molecule has 0 saturated carbocycles. The highest BCUT2D eigenvalue weighted by Gasteiger charge is 2.35. The monoisotopic (exact) mass is 339 g/mol. The third-order valence-electron chi connectivity index (χ3n) is 5.26. The molecule has 0 fully saturated rings. The van der Waals surface area contributed by atoms with Crippen molar-refractivity contribution in [3.8, 4) is 0 Å². The summed E-state index contributed by atoms with van der Waals surface area (Å²) in [5.41, 5.74) is 9.92. The Morgan fingerprint density at radius 2 is 1.65 bits per heavy atom. The van der Waals surface area contributed by atoms with Gasteiger partial charge in [-0.05, 0) is 37.1 Å². The smallest absolute Gasteiger partial charge is 0.161 e. The van der Waals surface area contributed by atoms with E-state index in [0.717, 1.165) is 0 Å². The molecule has 128 valence electrons. The summed E-state index contributed by atoms with van der Waals surface area (Å²) in [6.07, 6.45) is 2.22. The molecule has 2 heterocycles. The minimum absolute atomic E-state index is 0.0824. The van der Waals surface area contributed by atoms with Gasteiger partial charge in [0.05, 0.1) is 12.3 Å². The first-order chi connectivity index (χ1) is 12.7. The van der Waals surface area contributed by atoms with Crippen LogP contribution in [-0.2, 0) is 11.3 Å². The molecule has 0 bridgehead atoms. The lowest BCUT2D eigenvalue weighted by Crippen LogP contribution is -2.36. The summed E-state index contributed by atoms with van der Waals surface area (Å²) in [5, 5.41) is 0. The number of nitrogens with zero attached hydrogens (tertiary/aromatic N) is 1. The third-order valence-corrected chi connectivity index (χ3v) is 5.26. The zero-order valence-corrected chi connectivity index (χ0v) is 15.1. The largest absolute Gasteiger partial charge is 0.349 e. The molecule has 2 nitrogen and oxygen atoms in total. The molecular weight excluding hydrogens is 318 g/mol. The molecule has 0 aromatic heterocycles. The van der Waals surface area contributed by atoms with Crippen LogP contribution in [0.25, 0.3) is 11.8 Å². The first kappa shape index (κ1) is 15.4. The van der Waals surface area contributed by atoms with Gasteiger partial charge in [0.25, 0.3) is 0 Å². The van der Waals surface area contributed by atoms with E-state index in [9.17, 15) is 0 Å². The molecular formula is C24H21NO. The second-order valence-corrected chi connectivity index (χ2v) is 7.19. The highest BCUT2D eigenvalue weighted by molar-refractivity contribution is 5.94. The lowest BCUT2D eigenvalue weighted by Gasteiger charge is -2.43. The molecule has 1 atom stereocenters. The highest BCUT2D eigenvalue weighted by Crippen LogP contribution is 2.47. The van der Waals surface area contributed by atoms with E-state index in [-0.39, 0.29) is 6.23 Å². The quantitative estimate of drug-likeness (QED) is 0.551. The number of hydrogen-bond acceptors (Lipinski definition) is 2. The number of aryl methyl sites for hydroxylation is 2. The molecule has 0 saturated heterocycles. The standard InChI is InChI=1S/C24H21NO/c1-16-8-10-21-19(12-16)14-23(18-6-4-3-5-7-18)25-22-11-9-17(2)13-20(22)15-26-24(21)25/h3-14,24H,15H2,1-2H3. The molecule has 0 spiro atoms. The predicted molar refractivity (Wildman–Crippen MR) is 107 cm³/mol. The predicted octanol–water partition coefficient (Wildman–Crippen LogP) is 5.85. The van der Waals surface area contributed by atoms with Gasteiger partial charge in [0.1, 0.15) is 0 Å². The molecule has 1 unspecified atom stereocenters. The van der Waals surface area contributed by atoms with Gasteiger partial charge in [-0.25, -0.2) is 0 Å². The molecule has 2 aliphatic heterocycles. The molecule has 5 rings (SSSR count). The van der Waals surface area contributed by atoms with Gasteiger partial charge in [-0.2, -0.15) is 0 Å². The van der Waals surface area contributed by atoms with Gasteiger partial charge < -0.3 is 9.64 Å². The summed E-state index contributed by atoms with van der Waals surface area (Å²) in [6, 6.07) is 23.9. The Hall–Kier alpha value is -2.84. The summed E-state index contributed by atoms with van der Waals surface area (Å²) in [4.78, 5) is 2.35. The van der Waals surface area contributed by atoms with Crippen molar-refractivity contribution in [1.29, 1.82) is 0 Å². The molecule has 0 N–H and O–H groups in total. The van der Waals surface area contributed by atoms with Crippen molar-refractivity contribution in [2.24, 2.45) is 0 Å². The third kappa shape index (κ3) is 2.38. The van der Waals surface area contributed by atoms with E-state index in [1.807, 2.05) is 0 Å². The number of fused-ring (bicyclic) bond motifs is 5. The van der Waals surface area contributed by atoms with E-state index in [4.69, 9.17) is 4.74 Å². The normalized spacial score (nSPS) is 17.8. The molecule has 2 aliphatic rings. The Labute approximate surface area is 154 Å². The van der Waals surface area contributed by atoms with Gasteiger partial charge in [-0.3, -0.25) is 0 Å². The number of benzene rings is 3. The number of rotatable bonds is 1. The van der Waals surface area contributed by atoms with E-state index in [1.54, 1.807) is 0 Å². The first-order valence-corrected chi connectivity index (χ1v) is 9.09. The fourth-order valence-electron chi connectivity index (χ4n) is 4.01. The van der Waals surface area contributed by atoms with E-state index >= 15 is 0 Å². The lowest BCUT2D eigenvalue weighted by molar-refractivity contribution is 0.0343. The molecule has 2 heteroatoms. The van der Waals surface area contributed by atoms with Crippen LogP contribution in [0.15, 0.2) is 66.7 Å². The van der Waals surface area contributed by atoms with Crippen molar-refractivity contribution in [3.63, 3.8) is 0 Å². The molecule has 0 radical (unpaired) electrons. The summed E-state index contributed by atoms with van der Waals surface area (Å²) < 4.78 is 6.37. The molecule has 3 aromatic carbocycles. The lowest BCUT2D eigenvalue weighted by atomic mass is 9.92. The summed E-state index contributed by atoms with van der Waals surface area (Å²) >= 11 is 0. The maximum Gasteiger partial charge on any atom is 0.161 e. The summed E-state index contributed by atoms with van der Waals surface area (Å²) in [7, 11) is 0. The maximum atomic E-state index is 6.37.